The molecule has 0 aromatic carbocycles. The third-order valence-corrected chi connectivity index (χ3v) is 5.53. The van der Waals surface area contributed by atoms with Gasteiger partial charge in [0.15, 0.2) is 0 Å². The van der Waals surface area contributed by atoms with Crippen molar-refractivity contribution in [3.8, 4) is 0 Å². The van der Waals surface area contributed by atoms with Crippen molar-refractivity contribution in [3.05, 3.63) is 12.7 Å². The molecular weight excluding hydrogens is 305 g/mol. The second-order valence-corrected chi connectivity index (χ2v) is 7.98. The van der Waals surface area contributed by atoms with Crippen LogP contribution in [0.3, 0.4) is 0 Å². The SMILES string of the molecule is C=CCP(=O)(OCC)OC(C)(CC)C(Cl)(Cl)Cl. The molecule has 0 saturated heterocycles. The van der Waals surface area contributed by atoms with Crippen LogP contribution >= 0.6 is 42.4 Å². The number of hydrogen-bond donors (Lipinski definition) is 0. The molecule has 17 heavy (non-hydrogen) atoms. The molecule has 2 unspecified atom stereocenters. The first kappa shape index (κ1) is 17.8. The second-order valence-electron chi connectivity index (χ2n) is 3.67. The van der Waals surface area contributed by atoms with E-state index < -0.39 is 17.0 Å². The number of allylic oxidation sites excluding steroid dienone is 1. The highest BCUT2D eigenvalue weighted by atomic mass is 35.6. The van der Waals surface area contributed by atoms with E-state index in [0.717, 1.165) is 0 Å². The van der Waals surface area contributed by atoms with Crippen LogP contribution in [0.15, 0.2) is 12.7 Å². The van der Waals surface area contributed by atoms with Crippen LogP contribution in [0, 0.1) is 0 Å². The lowest BCUT2D eigenvalue weighted by atomic mass is 10.1. The highest BCUT2D eigenvalue weighted by Gasteiger charge is 2.48. The van der Waals surface area contributed by atoms with Gasteiger partial charge in [0.05, 0.1) is 12.8 Å². The van der Waals surface area contributed by atoms with Crippen molar-refractivity contribution in [1.82, 2.24) is 0 Å². The lowest BCUT2D eigenvalue weighted by molar-refractivity contribution is 0.0639. The van der Waals surface area contributed by atoms with E-state index >= 15 is 0 Å². The molecule has 0 spiro atoms. The van der Waals surface area contributed by atoms with Crippen LogP contribution in [-0.4, -0.2) is 22.2 Å². The van der Waals surface area contributed by atoms with Gasteiger partial charge in [-0.3, -0.25) is 9.09 Å². The van der Waals surface area contributed by atoms with Crippen molar-refractivity contribution < 1.29 is 13.6 Å². The van der Waals surface area contributed by atoms with E-state index in [0.29, 0.717) is 6.42 Å². The average molecular weight is 324 g/mol. The Bertz CT molecular complexity index is 304. The van der Waals surface area contributed by atoms with Crippen molar-refractivity contribution in [2.24, 2.45) is 0 Å². The molecule has 0 rings (SSSR count). The van der Waals surface area contributed by atoms with Crippen molar-refractivity contribution >= 4 is 42.4 Å². The average Bonchev–Trinajstić information content (AvgIpc) is 2.16. The van der Waals surface area contributed by atoms with E-state index in [4.69, 9.17) is 43.9 Å². The number of alkyl halides is 3. The van der Waals surface area contributed by atoms with Crippen LogP contribution in [0.2, 0.25) is 0 Å². The molecule has 0 aromatic heterocycles. The van der Waals surface area contributed by atoms with Crippen molar-refractivity contribution in [2.45, 2.75) is 36.6 Å². The number of hydrogen-bond acceptors (Lipinski definition) is 3. The Kier molecular flexibility index (Phi) is 7.09. The van der Waals surface area contributed by atoms with E-state index in [-0.39, 0.29) is 12.8 Å². The molecule has 0 heterocycles. The summed E-state index contributed by atoms with van der Waals surface area (Å²) in [4.78, 5) is 0. The van der Waals surface area contributed by atoms with Crippen LogP contribution < -0.4 is 0 Å². The highest BCUT2D eigenvalue weighted by Crippen LogP contribution is 2.57. The summed E-state index contributed by atoms with van der Waals surface area (Å²) in [5.74, 6) is 0. The molecule has 0 N–H and O–H groups in total. The molecule has 7 heteroatoms. The highest BCUT2D eigenvalue weighted by molar-refractivity contribution is 7.54. The van der Waals surface area contributed by atoms with Crippen LogP contribution in [-0.2, 0) is 13.6 Å². The molecule has 0 aliphatic heterocycles. The Morgan fingerprint density at radius 2 is 1.88 bits per heavy atom. The summed E-state index contributed by atoms with van der Waals surface area (Å²) in [6.45, 7) is 8.87. The minimum atomic E-state index is -3.33. The van der Waals surface area contributed by atoms with Gasteiger partial charge >= 0.3 is 7.60 Å². The quantitative estimate of drug-likeness (QED) is 0.377. The minimum Gasteiger partial charge on any atom is -0.309 e. The number of rotatable bonds is 7. The lowest BCUT2D eigenvalue weighted by Gasteiger charge is -2.37. The summed E-state index contributed by atoms with van der Waals surface area (Å²) >= 11 is 17.6. The van der Waals surface area contributed by atoms with Gasteiger partial charge in [-0.05, 0) is 20.3 Å². The van der Waals surface area contributed by atoms with Crippen LogP contribution in [0.5, 0.6) is 0 Å². The van der Waals surface area contributed by atoms with E-state index in [1.807, 2.05) is 0 Å². The molecule has 0 aromatic rings. The van der Waals surface area contributed by atoms with Crippen molar-refractivity contribution in [1.29, 1.82) is 0 Å². The van der Waals surface area contributed by atoms with Gasteiger partial charge in [0.25, 0.3) is 0 Å². The Labute approximate surface area is 118 Å². The van der Waals surface area contributed by atoms with Gasteiger partial charge in [-0.2, -0.15) is 0 Å². The zero-order valence-electron chi connectivity index (χ0n) is 10.2. The topological polar surface area (TPSA) is 35.5 Å². The third kappa shape index (κ3) is 5.10. The fourth-order valence-corrected chi connectivity index (χ4v) is 3.60. The van der Waals surface area contributed by atoms with Gasteiger partial charge < -0.3 is 4.52 Å². The fourth-order valence-electron chi connectivity index (χ4n) is 1.09. The summed E-state index contributed by atoms with van der Waals surface area (Å²) in [6.07, 6.45) is 1.93. The van der Waals surface area contributed by atoms with E-state index in [1.54, 1.807) is 20.8 Å². The normalized spacial score (nSPS) is 19.4. The van der Waals surface area contributed by atoms with E-state index in [9.17, 15) is 4.57 Å². The molecule has 3 nitrogen and oxygen atoms in total. The van der Waals surface area contributed by atoms with Gasteiger partial charge in [-0.25, -0.2) is 0 Å². The van der Waals surface area contributed by atoms with Gasteiger partial charge in [0.2, 0.25) is 3.79 Å². The van der Waals surface area contributed by atoms with Crippen LogP contribution in [0.25, 0.3) is 0 Å². The summed E-state index contributed by atoms with van der Waals surface area (Å²) in [5.41, 5.74) is -1.18. The third-order valence-electron chi connectivity index (χ3n) is 2.29. The van der Waals surface area contributed by atoms with E-state index in [1.165, 1.54) is 6.08 Å². The molecule has 0 radical (unpaired) electrons. The van der Waals surface area contributed by atoms with Gasteiger partial charge in [-0.15, -0.1) is 6.58 Å². The fraction of sp³-hybridized carbons (Fsp3) is 0.800. The standard InChI is InChI=1S/C10H18Cl3O3P/c1-5-8-17(14,15-7-3)16-9(4,6-2)10(11,12)13/h5H,1,6-8H2,2-4H3. The minimum absolute atomic E-state index is 0.0805. The molecule has 102 valence electrons. The predicted molar refractivity (Wildman–Crippen MR) is 74.4 cm³/mol. The van der Waals surface area contributed by atoms with Crippen LogP contribution in [0.4, 0.5) is 0 Å². The lowest BCUT2D eigenvalue weighted by Crippen LogP contribution is -2.41. The predicted octanol–water partition coefficient (Wildman–Crippen LogP) is 4.96. The Morgan fingerprint density at radius 1 is 1.35 bits per heavy atom. The first-order valence-corrected chi connectivity index (χ1v) is 8.12. The molecule has 0 aliphatic carbocycles. The van der Waals surface area contributed by atoms with Crippen LogP contribution in [0.1, 0.15) is 27.2 Å². The van der Waals surface area contributed by atoms with Gasteiger partial charge in [0.1, 0.15) is 5.60 Å². The summed E-state index contributed by atoms with van der Waals surface area (Å²) < 4.78 is 21.3. The smallest absolute Gasteiger partial charge is 0.309 e. The zero-order chi connectivity index (χ0) is 13.7. The molecule has 0 saturated carbocycles. The number of halogens is 3. The maximum atomic E-state index is 12.3. The first-order chi connectivity index (χ1) is 7.64. The summed E-state index contributed by atoms with van der Waals surface area (Å²) in [6, 6.07) is 0. The monoisotopic (exact) mass is 322 g/mol. The molecule has 0 fully saturated rings. The summed E-state index contributed by atoms with van der Waals surface area (Å²) in [7, 11) is -3.33. The van der Waals surface area contributed by atoms with Crippen molar-refractivity contribution in [2.75, 3.05) is 12.8 Å². The Morgan fingerprint density at radius 3 is 2.18 bits per heavy atom. The van der Waals surface area contributed by atoms with Gasteiger partial charge in [-0.1, -0.05) is 47.8 Å². The Balaban J connectivity index is 5.08. The molecule has 0 amide bonds. The second kappa shape index (κ2) is 6.79. The molecule has 0 aliphatic rings. The summed E-state index contributed by atoms with van der Waals surface area (Å²) in [5, 5.41) is 0. The largest absolute Gasteiger partial charge is 0.335 e. The Hall–Kier alpha value is 0.760. The molecular formula is C10H18Cl3O3P. The zero-order valence-corrected chi connectivity index (χ0v) is 13.4. The molecule has 0 bridgehead atoms. The van der Waals surface area contributed by atoms with Gasteiger partial charge in [0, 0.05) is 0 Å². The van der Waals surface area contributed by atoms with Crippen molar-refractivity contribution in [3.63, 3.8) is 0 Å². The first-order valence-electron chi connectivity index (χ1n) is 5.26. The maximum Gasteiger partial charge on any atom is 0.335 e. The molecule has 2 atom stereocenters. The maximum absolute atomic E-state index is 12.3. The van der Waals surface area contributed by atoms with E-state index in [2.05, 4.69) is 6.58 Å².